The molecule has 2 atom stereocenters. The molecular weight excluding hydrogens is 148 g/mol. The van der Waals surface area contributed by atoms with Crippen LogP contribution in [0.5, 0.6) is 0 Å². The number of hydrogen-bond donors (Lipinski definition) is 1. The Labute approximate surface area is 52.8 Å². The van der Waals surface area contributed by atoms with E-state index in [4.69, 9.17) is 21.8 Å². The minimum absolute atomic E-state index is 0.0597. The van der Waals surface area contributed by atoms with Crippen LogP contribution in [0.15, 0.2) is 0 Å². The molecule has 0 heterocycles. The lowest BCUT2D eigenvalue weighted by Crippen LogP contribution is -1.86. The van der Waals surface area contributed by atoms with Gasteiger partial charge in [0.1, 0.15) is 5.12 Å². The van der Waals surface area contributed by atoms with E-state index < -0.39 is 13.1 Å². The molecule has 0 radical (unpaired) electrons. The standard InChI is InChI=1S/C3H5ClNO2P/c4-3(1-2-5)8(6)7/h3,8H,1H2,(H,6,7). The summed E-state index contributed by atoms with van der Waals surface area (Å²) in [5.74, 6) is 0. The van der Waals surface area contributed by atoms with Crippen molar-refractivity contribution in [2.24, 2.45) is 0 Å². The Morgan fingerprint density at radius 3 is 2.62 bits per heavy atom. The topological polar surface area (TPSA) is 61.1 Å². The Morgan fingerprint density at radius 1 is 2.00 bits per heavy atom. The lowest BCUT2D eigenvalue weighted by atomic mass is 10.6. The summed E-state index contributed by atoms with van der Waals surface area (Å²) in [6, 6.07) is 1.68. The molecule has 0 bridgehead atoms. The van der Waals surface area contributed by atoms with E-state index in [1.165, 1.54) is 0 Å². The Bertz CT molecular complexity index is 132. The van der Waals surface area contributed by atoms with Gasteiger partial charge in [-0.15, -0.1) is 11.6 Å². The SMILES string of the molecule is N#CCC(Cl)[PH](=O)O. The molecule has 0 aromatic carbocycles. The predicted molar refractivity (Wildman–Crippen MR) is 31.1 cm³/mol. The van der Waals surface area contributed by atoms with Gasteiger partial charge in [0, 0.05) is 0 Å². The molecule has 46 valence electrons. The van der Waals surface area contributed by atoms with Gasteiger partial charge in [0.15, 0.2) is 0 Å². The molecule has 5 heteroatoms. The van der Waals surface area contributed by atoms with Crippen molar-refractivity contribution in [2.45, 2.75) is 11.5 Å². The predicted octanol–water partition coefficient (Wildman–Crippen LogP) is 0.932. The van der Waals surface area contributed by atoms with E-state index in [1.807, 2.05) is 0 Å². The first kappa shape index (κ1) is 7.97. The van der Waals surface area contributed by atoms with Gasteiger partial charge in [0.25, 0.3) is 0 Å². The van der Waals surface area contributed by atoms with Gasteiger partial charge >= 0.3 is 0 Å². The van der Waals surface area contributed by atoms with Crippen molar-refractivity contribution in [3.05, 3.63) is 0 Å². The highest BCUT2D eigenvalue weighted by Crippen LogP contribution is 2.27. The third kappa shape index (κ3) is 3.04. The van der Waals surface area contributed by atoms with Gasteiger partial charge in [0.2, 0.25) is 8.03 Å². The van der Waals surface area contributed by atoms with Crippen molar-refractivity contribution >= 4 is 19.6 Å². The van der Waals surface area contributed by atoms with Crippen molar-refractivity contribution in [1.29, 1.82) is 5.26 Å². The maximum Gasteiger partial charge on any atom is 0.207 e. The van der Waals surface area contributed by atoms with Crippen LogP contribution in [-0.4, -0.2) is 10.0 Å². The first-order chi connectivity index (χ1) is 3.68. The molecule has 0 aromatic heterocycles. The van der Waals surface area contributed by atoms with E-state index in [9.17, 15) is 4.57 Å². The highest BCUT2D eigenvalue weighted by Gasteiger charge is 2.07. The molecular formula is C3H5ClNO2P. The van der Waals surface area contributed by atoms with Gasteiger partial charge in [-0.2, -0.15) is 5.26 Å². The number of hydrogen-bond acceptors (Lipinski definition) is 2. The zero-order valence-corrected chi connectivity index (χ0v) is 5.72. The van der Waals surface area contributed by atoms with E-state index in [-0.39, 0.29) is 6.42 Å². The van der Waals surface area contributed by atoms with Crippen LogP contribution in [0.3, 0.4) is 0 Å². The van der Waals surface area contributed by atoms with Crippen molar-refractivity contribution < 1.29 is 9.46 Å². The largest absolute Gasteiger partial charge is 0.345 e. The second kappa shape index (κ2) is 3.91. The summed E-state index contributed by atoms with van der Waals surface area (Å²) < 4.78 is 9.99. The fourth-order valence-corrected chi connectivity index (χ4v) is 0.502. The van der Waals surface area contributed by atoms with Crippen LogP contribution < -0.4 is 0 Å². The summed E-state index contributed by atoms with van der Waals surface area (Å²) >= 11 is 5.18. The summed E-state index contributed by atoms with van der Waals surface area (Å²) in [5, 5.41) is 7.05. The average Bonchev–Trinajstić information content (AvgIpc) is 1.67. The molecule has 0 aliphatic heterocycles. The molecule has 8 heavy (non-hydrogen) atoms. The van der Waals surface area contributed by atoms with Crippen LogP contribution in [0, 0.1) is 11.3 Å². The van der Waals surface area contributed by atoms with E-state index in [0.717, 1.165) is 0 Å². The van der Waals surface area contributed by atoms with Crippen molar-refractivity contribution in [2.75, 3.05) is 0 Å². The van der Waals surface area contributed by atoms with Crippen molar-refractivity contribution in [3.8, 4) is 6.07 Å². The van der Waals surface area contributed by atoms with Crippen LogP contribution in [0.2, 0.25) is 0 Å². The summed E-state index contributed by atoms with van der Waals surface area (Å²) in [5.41, 5.74) is 0. The summed E-state index contributed by atoms with van der Waals surface area (Å²) in [4.78, 5) is 8.22. The quantitative estimate of drug-likeness (QED) is 0.474. The second-order valence-corrected chi connectivity index (χ2v) is 3.43. The van der Waals surface area contributed by atoms with Gasteiger partial charge in [-0.05, 0) is 0 Å². The van der Waals surface area contributed by atoms with E-state index >= 15 is 0 Å². The van der Waals surface area contributed by atoms with Crippen LogP contribution >= 0.6 is 19.6 Å². The fourth-order valence-electron chi connectivity index (χ4n) is 0.167. The zero-order chi connectivity index (χ0) is 6.57. The summed E-state index contributed by atoms with van der Waals surface area (Å²) in [6.07, 6.45) is -0.0597. The van der Waals surface area contributed by atoms with Gasteiger partial charge in [0.05, 0.1) is 12.5 Å². The Balaban J connectivity index is 3.52. The molecule has 0 amide bonds. The maximum atomic E-state index is 9.99. The van der Waals surface area contributed by atoms with Gasteiger partial charge < -0.3 is 4.89 Å². The smallest absolute Gasteiger partial charge is 0.207 e. The molecule has 0 fully saturated rings. The van der Waals surface area contributed by atoms with Gasteiger partial charge in [-0.25, -0.2) is 0 Å². The molecule has 3 nitrogen and oxygen atoms in total. The molecule has 2 unspecified atom stereocenters. The number of halogens is 1. The van der Waals surface area contributed by atoms with E-state index in [2.05, 4.69) is 0 Å². The third-order valence-corrected chi connectivity index (χ3v) is 1.99. The minimum Gasteiger partial charge on any atom is -0.345 e. The van der Waals surface area contributed by atoms with Crippen LogP contribution in [0.4, 0.5) is 0 Å². The Morgan fingerprint density at radius 2 is 2.50 bits per heavy atom. The van der Waals surface area contributed by atoms with Crippen molar-refractivity contribution in [3.63, 3.8) is 0 Å². The monoisotopic (exact) mass is 153 g/mol. The summed E-state index contributed by atoms with van der Waals surface area (Å²) in [7, 11) is -2.68. The van der Waals surface area contributed by atoms with Gasteiger partial charge in [-0.1, -0.05) is 0 Å². The second-order valence-electron chi connectivity index (χ2n) is 1.17. The van der Waals surface area contributed by atoms with Gasteiger partial charge in [-0.3, -0.25) is 4.57 Å². The van der Waals surface area contributed by atoms with E-state index in [1.54, 1.807) is 6.07 Å². The zero-order valence-electron chi connectivity index (χ0n) is 3.97. The Kier molecular flexibility index (Phi) is 3.90. The molecule has 0 aliphatic carbocycles. The van der Waals surface area contributed by atoms with Crippen LogP contribution in [-0.2, 0) is 4.57 Å². The number of rotatable bonds is 2. The average molecular weight is 154 g/mol. The lowest BCUT2D eigenvalue weighted by molar-refractivity contribution is 0.500. The number of alkyl halides is 1. The highest BCUT2D eigenvalue weighted by atomic mass is 35.5. The molecule has 0 saturated carbocycles. The van der Waals surface area contributed by atoms with Crippen LogP contribution in [0.1, 0.15) is 6.42 Å². The maximum absolute atomic E-state index is 9.99. The fraction of sp³-hybridized carbons (Fsp3) is 0.667. The molecule has 0 rings (SSSR count). The molecule has 1 N–H and O–H groups in total. The first-order valence-corrected chi connectivity index (χ1v) is 3.79. The molecule has 0 aliphatic rings. The third-order valence-electron chi connectivity index (χ3n) is 0.538. The normalized spacial score (nSPS) is 16.6. The molecule has 0 saturated heterocycles. The minimum atomic E-state index is -2.68. The van der Waals surface area contributed by atoms with Crippen LogP contribution in [0.25, 0.3) is 0 Å². The number of nitriles is 1. The summed E-state index contributed by atoms with van der Waals surface area (Å²) in [6.45, 7) is 0. The number of nitrogens with zero attached hydrogens (tertiary/aromatic N) is 1. The molecule has 0 aromatic rings. The Hall–Kier alpha value is -0.0300. The van der Waals surface area contributed by atoms with Crippen molar-refractivity contribution in [1.82, 2.24) is 0 Å². The lowest BCUT2D eigenvalue weighted by Gasteiger charge is -1.94. The molecule has 0 spiro atoms. The first-order valence-electron chi connectivity index (χ1n) is 1.92. The van der Waals surface area contributed by atoms with E-state index in [0.29, 0.717) is 0 Å². The highest BCUT2D eigenvalue weighted by molar-refractivity contribution is 7.41.